The van der Waals surface area contributed by atoms with Gasteiger partial charge < -0.3 is 0 Å². The number of carbonyl (C=O) groups excluding carboxylic acids is 2. The van der Waals surface area contributed by atoms with Crippen LogP contribution in [0.3, 0.4) is 0 Å². The van der Waals surface area contributed by atoms with Crippen LogP contribution >= 0.6 is 0 Å². The van der Waals surface area contributed by atoms with Crippen LogP contribution in [0.2, 0.25) is 0 Å². The van der Waals surface area contributed by atoms with Crippen LogP contribution in [-0.2, 0) is 16.0 Å². The molecule has 2 heteroatoms. The summed E-state index contributed by atoms with van der Waals surface area (Å²) in [7, 11) is 0. The van der Waals surface area contributed by atoms with Gasteiger partial charge in [0.15, 0.2) is 0 Å². The van der Waals surface area contributed by atoms with Crippen molar-refractivity contribution in [1.82, 2.24) is 0 Å². The molecule has 2 nitrogen and oxygen atoms in total. The maximum absolute atomic E-state index is 12.5. The predicted molar refractivity (Wildman–Crippen MR) is 84.0 cm³/mol. The fourth-order valence-corrected chi connectivity index (χ4v) is 3.07. The highest BCUT2D eigenvalue weighted by molar-refractivity contribution is 5.96. The molecule has 0 radical (unpaired) electrons. The van der Waals surface area contributed by atoms with Crippen molar-refractivity contribution in [3.8, 4) is 12.3 Å². The van der Waals surface area contributed by atoms with Gasteiger partial charge >= 0.3 is 0 Å². The monoisotopic (exact) mass is 282 g/mol. The molecule has 1 aliphatic carbocycles. The zero-order chi connectivity index (χ0) is 15.2. The highest BCUT2D eigenvalue weighted by atomic mass is 16.1. The highest BCUT2D eigenvalue weighted by Gasteiger charge is 2.26. The smallest absolute Gasteiger partial charge is 0.209 e. The van der Waals surface area contributed by atoms with E-state index in [-0.39, 0.29) is 24.0 Å². The summed E-state index contributed by atoms with van der Waals surface area (Å²) in [4.78, 5) is 23.8. The normalized spacial score (nSPS) is 17.0. The number of ketones is 2. The number of benzene rings is 1. The second kappa shape index (κ2) is 7.22. The van der Waals surface area contributed by atoms with Crippen molar-refractivity contribution in [3.05, 3.63) is 35.4 Å². The van der Waals surface area contributed by atoms with E-state index >= 15 is 0 Å². The highest BCUT2D eigenvalue weighted by Crippen LogP contribution is 2.30. The quantitative estimate of drug-likeness (QED) is 0.610. The molecule has 1 aromatic carbocycles. The molecule has 1 aliphatic rings. The van der Waals surface area contributed by atoms with Crippen LogP contribution in [-0.4, -0.2) is 11.6 Å². The molecular weight excluding hydrogens is 260 g/mol. The molecule has 0 aromatic heterocycles. The van der Waals surface area contributed by atoms with Crippen LogP contribution in [0.4, 0.5) is 0 Å². The van der Waals surface area contributed by atoms with Crippen LogP contribution < -0.4 is 0 Å². The Morgan fingerprint density at radius 3 is 2.38 bits per heavy atom. The van der Waals surface area contributed by atoms with Crippen LogP contribution in [0.25, 0.3) is 0 Å². The van der Waals surface area contributed by atoms with E-state index in [4.69, 9.17) is 6.42 Å². The summed E-state index contributed by atoms with van der Waals surface area (Å²) < 4.78 is 0. The van der Waals surface area contributed by atoms with Crippen molar-refractivity contribution >= 4 is 11.6 Å². The topological polar surface area (TPSA) is 34.1 Å². The largest absolute Gasteiger partial charge is 0.299 e. The van der Waals surface area contributed by atoms with E-state index < -0.39 is 0 Å². The minimum Gasteiger partial charge on any atom is -0.299 e. The molecule has 0 aliphatic heterocycles. The number of rotatable bonds is 5. The number of carbonyl (C=O) groups is 2. The molecule has 0 bridgehead atoms. The lowest BCUT2D eigenvalue weighted by Crippen LogP contribution is -2.22. The van der Waals surface area contributed by atoms with Crippen LogP contribution in [0, 0.1) is 18.3 Å². The molecule has 0 N–H and O–H groups in total. The first kappa shape index (κ1) is 15.5. The van der Waals surface area contributed by atoms with Gasteiger partial charge in [-0.3, -0.25) is 9.59 Å². The molecule has 2 rings (SSSR count). The van der Waals surface area contributed by atoms with Gasteiger partial charge in [-0.2, -0.15) is 0 Å². The predicted octanol–water partition coefficient (Wildman–Crippen LogP) is 3.68. The molecule has 0 saturated heterocycles. The molecule has 0 amide bonds. The fourth-order valence-electron chi connectivity index (χ4n) is 3.07. The summed E-state index contributed by atoms with van der Waals surface area (Å²) >= 11 is 0. The lowest BCUT2D eigenvalue weighted by atomic mass is 9.80. The van der Waals surface area contributed by atoms with Crippen molar-refractivity contribution < 1.29 is 9.59 Å². The average Bonchev–Trinajstić information content (AvgIpc) is 2.55. The first-order valence-electron chi connectivity index (χ1n) is 7.74. The summed E-state index contributed by atoms with van der Waals surface area (Å²) in [6, 6.07) is 7.69. The lowest BCUT2D eigenvalue weighted by molar-refractivity contribution is -0.125. The molecule has 0 heterocycles. The van der Waals surface area contributed by atoms with Crippen molar-refractivity contribution in [2.24, 2.45) is 5.92 Å². The zero-order valence-electron chi connectivity index (χ0n) is 12.6. The van der Waals surface area contributed by atoms with Crippen molar-refractivity contribution in [2.45, 2.75) is 51.4 Å². The van der Waals surface area contributed by atoms with E-state index in [0.717, 1.165) is 24.0 Å². The molecule has 21 heavy (non-hydrogen) atoms. The Morgan fingerprint density at radius 2 is 1.81 bits per heavy atom. The lowest BCUT2D eigenvalue weighted by Gasteiger charge is -2.23. The zero-order valence-corrected chi connectivity index (χ0v) is 12.6. The third-order valence-corrected chi connectivity index (χ3v) is 4.44. The van der Waals surface area contributed by atoms with Gasteiger partial charge in [-0.25, -0.2) is 0 Å². The summed E-state index contributed by atoms with van der Waals surface area (Å²) in [6.45, 7) is 1.98. The Morgan fingerprint density at radius 1 is 1.19 bits per heavy atom. The Labute approximate surface area is 126 Å². The molecule has 1 fully saturated rings. The van der Waals surface area contributed by atoms with E-state index in [2.05, 4.69) is 5.92 Å². The van der Waals surface area contributed by atoms with Crippen LogP contribution in [0.1, 0.15) is 56.1 Å². The number of hydrogen-bond acceptors (Lipinski definition) is 2. The second-order valence-electron chi connectivity index (χ2n) is 5.94. The van der Waals surface area contributed by atoms with Gasteiger partial charge in [-0.15, -0.1) is 6.42 Å². The minimum absolute atomic E-state index is 0.0644. The first-order valence-corrected chi connectivity index (χ1v) is 7.74. The summed E-state index contributed by atoms with van der Waals surface area (Å²) in [5.41, 5.74) is 1.93. The van der Waals surface area contributed by atoms with E-state index in [9.17, 15) is 9.59 Å². The fraction of sp³-hybridized carbons (Fsp3) is 0.474. The van der Waals surface area contributed by atoms with E-state index in [1.165, 1.54) is 19.3 Å². The molecule has 1 unspecified atom stereocenters. The molecule has 1 saturated carbocycles. The van der Waals surface area contributed by atoms with Gasteiger partial charge in [0.25, 0.3) is 0 Å². The Bertz CT molecular complexity index is 542. The van der Waals surface area contributed by atoms with E-state index in [1.807, 2.05) is 31.2 Å². The second-order valence-corrected chi connectivity index (χ2v) is 5.94. The Balaban J connectivity index is 2.02. The Kier molecular flexibility index (Phi) is 5.33. The van der Waals surface area contributed by atoms with E-state index in [1.54, 1.807) is 0 Å². The number of hydrogen-bond donors (Lipinski definition) is 0. The molecule has 0 spiro atoms. The van der Waals surface area contributed by atoms with Gasteiger partial charge in [0.05, 0.1) is 0 Å². The minimum atomic E-state index is -0.214. The van der Waals surface area contributed by atoms with E-state index in [0.29, 0.717) is 5.78 Å². The van der Waals surface area contributed by atoms with Crippen molar-refractivity contribution in [2.75, 3.05) is 0 Å². The number of Topliss-reactive ketones (excluding diaryl/α,β-unsaturated/α-hetero) is 2. The molecular formula is C19H22O2. The van der Waals surface area contributed by atoms with Gasteiger partial charge in [0, 0.05) is 18.3 Å². The molecule has 1 aromatic rings. The van der Waals surface area contributed by atoms with Crippen LogP contribution in [0.5, 0.6) is 0 Å². The van der Waals surface area contributed by atoms with Gasteiger partial charge in [-0.05, 0) is 29.9 Å². The third kappa shape index (κ3) is 4.04. The average molecular weight is 282 g/mol. The summed E-state index contributed by atoms with van der Waals surface area (Å²) in [5.74, 6) is 2.44. The molecule has 110 valence electrons. The van der Waals surface area contributed by atoms with Crippen molar-refractivity contribution in [1.29, 1.82) is 0 Å². The summed E-state index contributed by atoms with van der Waals surface area (Å²) in [6.07, 6.45) is 11.0. The van der Waals surface area contributed by atoms with Gasteiger partial charge in [-0.1, -0.05) is 50.5 Å². The Hall–Kier alpha value is -1.88. The SMILES string of the molecule is C#CC(=O)Cc1ccc(C(C)C(=O)C2CCCCC2)cc1. The number of terminal acetylenes is 1. The molecule has 1 atom stereocenters. The van der Waals surface area contributed by atoms with Gasteiger partial charge in [0.1, 0.15) is 5.78 Å². The maximum Gasteiger partial charge on any atom is 0.209 e. The summed E-state index contributed by atoms with van der Waals surface area (Å²) in [5, 5.41) is 0. The van der Waals surface area contributed by atoms with Crippen molar-refractivity contribution in [3.63, 3.8) is 0 Å². The third-order valence-electron chi connectivity index (χ3n) is 4.44. The maximum atomic E-state index is 12.5. The van der Waals surface area contributed by atoms with Gasteiger partial charge in [0.2, 0.25) is 5.78 Å². The van der Waals surface area contributed by atoms with Crippen LogP contribution in [0.15, 0.2) is 24.3 Å². The first-order chi connectivity index (χ1) is 10.1. The standard InChI is InChI=1S/C19H22O2/c1-3-18(20)13-15-9-11-16(12-10-15)14(2)19(21)17-7-5-4-6-8-17/h1,9-12,14,17H,4-8,13H2,2H3.